The Morgan fingerprint density at radius 1 is 1.07 bits per heavy atom. The van der Waals surface area contributed by atoms with Gasteiger partial charge in [0.05, 0.1) is 5.41 Å². The van der Waals surface area contributed by atoms with Crippen LogP contribution in [0.2, 0.25) is 0 Å². The largest absolute Gasteiger partial charge is 0.341 e. The molecule has 4 rings (SSSR count). The Morgan fingerprint density at radius 3 is 2.45 bits per heavy atom. The maximum absolute atomic E-state index is 13.0. The summed E-state index contributed by atoms with van der Waals surface area (Å²) in [5.41, 5.74) is 3.84. The number of rotatable bonds is 4. The molecule has 4 heteroatoms. The lowest BCUT2D eigenvalue weighted by atomic mass is 9.85. The normalized spacial score (nSPS) is 18.8. The zero-order valence-electron chi connectivity index (χ0n) is 17.6. The van der Waals surface area contributed by atoms with Crippen LogP contribution in [0.5, 0.6) is 0 Å². The van der Waals surface area contributed by atoms with E-state index in [2.05, 4.69) is 30.3 Å². The van der Waals surface area contributed by atoms with E-state index in [4.69, 9.17) is 0 Å². The summed E-state index contributed by atoms with van der Waals surface area (Å²) in [6.07, 6.45) is 3.13. The molecule has 0 spiro atoms. The molecule has 0 atom stereocenters. The summed E-state index contributed by atoms with van der Waals surface area (Å²) in [6, 6.07) is 16.6. The molecule has 0 aliphatic carbocycles. The quantitative estimate of drug-likeness (QED) is 0.789. The molecule has 2 aliphatic heterocycles. The Morgan fingerprint density at radius 2 is 1.76 bits per heavy atom. The molecule has 1 fully saturated rings. The van der Waals surface area contributed by atoms with Gasteiger partial charge in [0.1, 0.15) is 6.54 Å². The van der Waals surface area contributed by atoms with Crippen molar-refractivity contribution in [1.29, 1.82) is 0 Å². The van der Waals surface area contributed by atoms with Crippen LogP contribution in [-0.2, 0) is 21.4 Å². The lowest BCUT2D eigenvalue weighted by Gasteiger charge is -2.33. The summed E-state index contributed by atoms with van der Waals surface area (Å²) in [5.74, 6) is 0.698. The van der Waals surface area contributed by atoms with Crippen molar-refractivity contribution in [2.24, 2.45) is 5.92 Å². The highest BCUT2D eigenvalue weighted by Gasteiger charge is 2.44. The molecule has 0 saturated carbocycles. The minimum absolute atomic E-state index is 0.0189. The lowest BCUT2D eigenvalue weighted by molar-refractivity contribution is -0.133. The van der Waals surface area contributed by atoms with E-state index < -0.39 is 5.41 Å². The first-order valence-corrected chi connectivity index (χ1v) is 10.6. The van der Waals surface area contributed by atoms with Crippen LogP contribution < -0.4 is 4.90 Å². The van der Waals surface area contributed by atoms with Gasteiger partial charge in [-0.1, -0.05) is 48.0 Å². The lowest BCUT2D eigenvalue weighted by Crippen LogP contribution is -2.47. The number of hydrogen-bond donors (Lipinski definition) is 0. The van der Waals surface area contributed by atoms with Crippen LogP contribution in [-0.4, -0.2) is 36.3 Å². The van der Waals surface area contributed by atoms with Crippen molar-refractivity contribution in [2.75, 3.05) is 24.5 Å². The third-order valence-corrected chi connectivity index (χ3v) is 6.52. The highest BCUT2D eigenvalue weighted by Crippen LogP contribution is 2.41. The fourth-order valence-corrected chi connectivity index (χ4v) is 4.67. The fraction of sp³-hybridized carbons (Fsp3) is 0.440. The number of benzene rings is 2. The van der Waals surface area contributed by atoms with E-state index in [1.807, 2.05) is 43.9 Å². The van der Waals surface area contributed by atoms with Crippen molar-refractivity contribution < 1.29 is 9.59 Å². The van der Waals surface area contributed by atoms with Gasteiger partial charge in [-0.25, -0.2) is 0 Å². The predicted octanol–water partition coefficient (Wildman–Crippen LogP) is 4.10. The van der Waals surface area contributed by atoms with E-state index >= 15 is 0 Å². The number of likely N-dealkylation sites (tertiary alicyclic amines) is 1. The number of fused-ring (bicyclic) bond motifs is 1. The molecule has 0 aromatic heterocycles. The maximum atomic E-state index is 13.0. The number of nitrogens with zero attached hydrogens (tertiary/aromatic N) is 2. The van der Waals surface area contributed by atoms with E-state index in [0.717, 1.165) is 49.2 Å². The number of amides is 2. The van der Waals surface area contributed by atoms with Gasteiger partial charge in [-0.3, -0.25) is 9.59 Å². The van der Waals surface area contributed by atoms with Gasteiger partial charge in [0.2, 0.25) is 11.8 Å². The summed E-state index contributed by atoms with van der Waals surface area (Å²) >= 11 is 0. The third-order valence-electron chi connectivity index (χ3n) is 6.52. The van der Waals surface area contributed by atoms with Gasteiger partial charge in [-0.15, -0.1) is 0 Å². The number of carbonyl (C=O) groups excluding carboxylic acids is 2. The molecule has 152 valence electrons. The Bertz CT molecular complexity index is 912. The fourth-order valence-electron chi connectivity index (χ4n) is 4.67. The van der Waals surface area contributed by atoms with Crippen LogP contribution in [0.15, 0.2) is 48.5 Å². The molecule has 1 saturated heterocycles. The van der Waals surface area contributed by atoms with E-state index in [9.17, 15) is 9.59 Å². The van der Waals surface area contributed by atoms with Gasteiger partial charge in [0.25, 0.3) is 0 Å². The molecule has 0 unspecified atom stereocenters. The summed E-state index contributed by atoms with van der Waals surface area (Å²) in [4.78, 5) is 29.6. The van der Waals surface area contributed by atoms with Gasteiger partial charge < -0.3 is 9.80 Å². The standard InChI is InChI=1S/C25H30N2O2/c1-18-9-10-22-21(15-18)25(2,3)24(29)27(22)17-23(28)26-13-11-20(12-14-26)16-19-7-5-4-6-8-19/h4-10,15,20H,11-14,16-17H2,1-3H3. The van der Waals surface area contributed by atoms with Gasteiger partial charge in [-0.2, -0.15) is 0 Å². The maximum Gasteiger partial charge on any atom is 0.242 e. The van der Waals surface area contributed by atoms with Gasteiger partial charge in [0.15, 0.2) is 0 Å². The Kier molecular flexibility index (Phi) is 5.20. The van der Waals surface area contributed by atoms with Crippen molar-refractivity contribution in [2.45, 2.75) is 45.4 Å². The molecule has 0 bridgehead atoms. The highest BCUT2D eigenvalue weighted by molar-refractivity contribution is 6.10. The molecule has 2 amide bonds. The number of carbonyl (C=O) groups is 2. The smallest absolute Gasteiger partial charge is 0.242 e. The van der Waals surface area contributed by atoms with Crippen molar-refractivity contribution in [3.8, 4) is 0 Å². The molecule has 0 radical (unpaired) electrons. The molecule has 29 heavy (non-hydrogen) atoms. The third kappa shape index (κ3) is 3.81. The zero-order chi connectivity index (χ0) is 20.6. The average molecular weight is 391 g/mol. The second kappa shape index (κ2) is 7.66. The second-order valence-corrected chi connectivity index (χ2v) is 9.05. The minimum atomic E-state index is -0.579. The average Bonchev–Trinajstić information content (AvgIpc) is 2.90. The number of anilines is 1. The van der Waals surface area contributed by atoms with Crippen molar-refractivity contribution in [3.63, 3.8) is 0 Å². The minimum Gasteiger partial charge on any atom is -0.341 e. The van der Waals surface area contributed by atoms with E-state index in [-0.39, 0.29) is 18.4 Å². The molecule has 4 nitrogen and oxygen atoms in total. The predicted molar refractivity (Wildman–Crippen MR) is 116 cm³/mol. The molecule has 2 aromatic rings. The van der Waals surface area contributed by atoms with E-state index in [1.54, 1.807) is 4.90 Å². The molecule has 0 N–H and O–H groups in total. The summed E-state index contributed by atoms with van der Waals surface area (Å²) in [7, 11) is 0. The SMILES string of the molecule is Cc1ccc2c(c1)C(C)(C)C(=O)N2CC(=O)N1CCC(Cc2ccccc2)CC1. The zero-order valence-corrected chi connectivity index (χ0v) is 17.6. The van der Waals surface area contributed by atoms with Crippen molar-refractivity contribution >= 4 is 17.5 Å². The Hall–Kier alpha value is -2.62. The molecule has 2 aliphatic rings. The summed E-state index contributed by atoms with van der Waals surface area (Å²) in [6.45, 7) is 7.64. The molecular formula is C25H30N2O2. The Balaban J connectivity index is 1.39. The van der Waals surface area contributed by atoms with Crippen LogP contribution in [0.4, 0.5) is 5.69 Å². The van der Waals surface area contributed by atoms with Crippen LogP contribution >= 0.6 is 0 Å². The van der Waals surface area contributed by atoms with Gasteiger partial charge >= 0.3 is 0 Å². The summed E-state index contributed by atoms with van der Waals surface area (Å²) in [5, 5.41) is 0. The van der Waals surface area contributed by atoms with Crippen LogP contribution in [0.3, 0.4) is 0 Å². The van der Waals surface area contributed by atoms with E-state index in [1.165, 1.54) is 5.56 Å². The van der Waals surface area contributed by atoms with Crippen molar-refractivity contribution in [1.82, 2.24) is 4.90 Å². The van der Waals surface area contributed by atoms with Crippen LogP contribution in [0.25, 0.3) is 0 Å². The van der Waals surface area contributed by atoms with Crippen LogP contribution in [0.1, 0.15) is 43.4 Å². The highest BCUT2D eigenvalue weighted by atomic mass is 16.2. The van der Waals surface area contributed by atoms with Gasteiger partial charge in [0, 0.05) is 18.8 Å². The Labute approximate surface area is 173 Å². The first-order chi connectivity index (χ1) is 13.9. The van der Waals surface area contributed by atoms with E-state index in [0.29, 0.717) is 5.92 Å². The molecular weight excluding hydrogens is 360 g/mol. The number of aryl methyl sites for hydroxylation is 1. The van der Waals surface area contributed by atoms with Crippen molar-refractivity contribution in [3.05, 3.63) is 65.2 Å². The number of hydrogen-bond acceptors (Lipinski definition) is 2. The van der Waals surface area contributed by atoms with Crippen LogP contribution in [0, 0.1) is 12.8 Å². The topological polar surface area (TPSA) is 40.6 Å². The first kappa shape index (κ1) is 19.7. The first-order valence-electron chi connectivity index (χ1n) is 10.6. The second-order valence-electron chi connectivity index (χ2n) is 9.05. The number of piperidine rings is 1. The monoisotopic (exact) mass is 390 g/mol. The molecule has 2 aromatic carbocycles. The molecule has 2 heterocycles. The summed E-state index contributed by atoms with van der Waals surface area (Å²) < 4.78 is 0. The van der Waals surface area contributed by atoms with Gasteiger partial charge in [-0.05, 0) is 63.1 Å².